The summed E-state index contributed by atoms with van der Waals surface area (Å²) in [6.45, 7) is -0.402. The lowest BCUT2D eigenvalue weighted by Gasteiger charge is -2.30. The third-order valence-corrected chi connectivity index (χ3v) is 8.63. The van der Waals surface area contributed by atoms with Gasteiger partial charge in [0, 0.05) is 18.5 Å². The average Bonchev–Trinajstić information content (AvgIpc) is 3.55. The van der Waals surface area contributed by atoms with Gasteiger partial charge in [-0.05, 0) is 30.4 Å². The van der Waals surface area contributed by atoms with Gasteiger partial charge in [0.15, 0.2) is 15.4 Å². The molecule has 0 spiro atoms. The molecule has 2 heterocycles. The number of amides is 4. The van der Waals surface area contributed by atoms with Crippen LogP contribution in [0.3, 0.4) is 0 Å². The van der Waals surface area contributed by atoms with Crippen LogP contribution in [0.4, 0.5) is 4.79 Å². The molecule has 2 aliphatic heterocycles. The van der Waals surface area contributed by atoms with Crippen LogP contribution in [0.15, 0.2) is 60.7 Å². The average molecular weight is 482 g/mol. The topological polar surface area (TPSA) is 104 Å². The number of rotatable bonds is 7. The van der Waals surface area contributed by atoms with E-state index in [1.165, 1.54) is 0 Å². The predicted molar refractivity (Wildman–Crippen MR) is 125 cm³/mol. The Morgan fingerprint density at radius 2 is 1.62 bits per heavy atom. The van der Waals surface area contributed by atoms with Crippen LogP contribution < -0.4 is 5.32 Å². The molecular formula is C25H27N3O5S. The molecule has 9 heteroatoms. The largest absolute Gasteiger partial charge is 0.334 e. The van der Waals surface area contributed by atoms with E-state index in [1.807, 2.05) is 48.5 Å². The van der Waals surface area contributed by atoms with Crippen molar-refractivity contribution in [3.8, 4) is 0 Å². The van der Waals surface area contributed by atoms with E-state index in [-0.39, 0.29) is 29.9 Å². The summed E-state index contributed by atoms with van der Waals surface area (Å²) in [5.74, 6) is -0.851. The van der Waals surface area contributed by atoms with Gasteiger partial charge < -0.3 is 10.2 Å². The first-order valence-corrected chi connectivity index (χ1v) is 13.4. The Balaban J connectivity index is 1.42. The van der Waals surface area contributed by atoms with Gasteiger partial charge in [-0.15, -0.1) is 0 Å². The van der Waals surface area contributed by atoms with Gasteiger partial charge in [0.05, 0.1) is 11.5 Å². The molecule has 0 bridgehead atoms. The lowest BCUT2D eigenvalue weighted by molar-refractivity contribution is -0.140. The van der Waals surface area contributed by atoms with E-state index in [2.05, 4.69) is 5.32 Å². The number of hydrogen-bond donors (Lipinski definition) is 1. The van der Waals surface area contributed by atoms with Crippen molar-refractivity contribution in [1.29, 1.82) is 0 Å². The minimum atomic E-state index is -3.17. The van der Waals surface area contributed by atoms with Gasteiger partial charge >= 0.3 is 6.03 Å². The first-order valence-electron chi connectivity index (χ1n) is 11.5. The Hall–Kier alpha value is -3.20. The molecule has 3 fully saturated rings. The van der Waals surface area contributed by atoms with Crippen molar-refractivity contribution in [3.63, 3.8) is 0 Å². The molecule has 2 saturated heterocycles. The lowest BCUT2D eigenvalue weighted by atomic mass is 9.83. The maximum Gasteiger partial charge on any atom is 0.325 e. The van der Waals surface area contributed by atoms with Crippen LogP contribution in [0.25, 0.3) is 0 Å². The summed E-state index contributed by atoms with van der Waals surface area (Å²) in [5, 5.41) is 2.87. The summed E-state index contributed by atoms with van der Waals surface area (Å²) in [5.41, 5.74) is 0.207. The van der Waals surface area contributed by atoms with Gasteiger partial charge in [0.1, 0.15) is 6.54 Å². The smallest absolute Gasteiger partial charge is 0.325 e. The molecule has 5 rings (SSSR count). The highest BCUT2D eigenvalue weighted by Gasteiger charge is 2.53. The van der Waals surface area contributed by atoms with E-state index in [0.717, 1.165) is 23.3 Å². The molecule has 0 aromatic heterocycles. The van der Waals surface area contributed by atoms with Crippen LogP contribution in [0.2, 0.25) is 0 Å². The van der Waals surface area contributed by atoms with Gasteiger partial charge in [-0.25, -0.2) is 13.2 Å². The van der Waals surface area contributed by atoms with Crippen molar-refractivity contribution in [3.05, 3.63) is 71.8 Å². The highest BCUT2D eigenvalue weighted by molar-refractivity contribution is 7.91. The highest BCUT2D eigenvalue weighted by atomic mass is 32.2. The second kappa shape index (κ2) is 8.54. The fraction of sp³-hybridized carbons (Fsp3) is 0.400. The summed E-state index contributed by atoms with van der Waals surface area (Å²) in [7, 11) is -3.17. The fourth-order valence-corrected chi connectivity index (χ4v) is 6.79. The summed E-state index contributed by atoms with van der Waals surface area (Å²) in [6.07, 6.45) is 2.27. The van der Waals surface area contributed by atoms with Gasteiger partial charge in [-0.3, -0.25) is 14.5 Å². The molecule has 0 radical (unpaired) electrons. The zero-order valence-electron chi connectivity index (χ0n) is 18.7. The molecule has 8 nitrogen and oxygen atoms in total. The van der Waals surface area contributed by atoms with Crippen molar-refractivity contribution in [2.45, 2.75) is 43.3 Å². The van der Waals surface area contributed by atoms with Gasteiger partial charge in [-0.1, -0.05) is 60.7 Å². The van der Waals surface area contributed by atoms with Crippen LogP contribution in [0.1, 0.15) is 30.4 Å². The SMILES string of the molecule is O=C1N[C@@](Cc2ccccc2)(c2ccccc2)C(=O)N1CC(=O)N(C1CC1)[C@H]1CCS(=O)(=O)C1. The zero-order valence-corrected chi connectivity index (χ0v) is 19.5. The van der Waals surface area contributed by atoms with E-state index in [0.29, 0.717) is 12.0 Å². The first-order chi connectivity index (χ1) is 16.3. The van der Waals surface area contributed by atoms with Gasteiger partial charge in [0.2, 0.25) is 5.91 Å². The molecule has 2 aromatic rings. The van der Waals surface area contributed by atoms with Crippen LogP contribution in [-0.2, 0) is 31.4 Å². The maximum atomic E-state index is 13.8. The van der Waals surface area contributed by atoms with Crippen LogP contribution in [0.5, 0.6) is 0 Å². The minimum Gasteiger partial charge on any atom is -0.334 e. The third kappa shape index (κ3) is 4.20. The number of urea groups is 1. The minimum absolute atomic E-state index is 0.0187. The molecule has 4 amide bonds. The molecule has 1 N–H and O–H groups in total. The Morgan fingerprint density at radius 1 is 0.971 bits per heavy atom. The molecule has 3 aliphatic rings. The van der Waals surface area contributed by atoms with E-state index in [4.69, 9.17) is 0 Å². The zero-order chi connectivity index (χ0) is 23.9. The van der Waals surface area contributed by atoms with Crippen LogP contribution in [-0.4, -0.2) is 66.2 Å². The Kier molecular flexibility index (Phi) is 5.67. The number of carbonyl (C=O) groups is 3. The van der Waals surface area contributed by atoms with Crippen molar-refractivity contribution in [1.82, 2.24) is 15.1 Å². The molecule has 1 saturated carbocycles. The van der Waals surface area contributed by atoms with Gasteiger partial charge in [0.25, 0.3) is 5.91 Å². The molecule has 0 unspecified atom stereocenters. The summed E-state index contributed by atoms with van der Waals surface area (Å²) in [4.78, 5) is 42.8. The number of nitrogens with zero attached hydrogens (tertiary/aromatic N) is 2. The quantitative estimate of drug-likeness (QED) is 0.608. The Labute approximate surface area is 198 Å². The Bertz CT molecular complexity index is 1210. The number of nitrogens with one attached hydrogen (secondary N) is 1. The van der Waals surface area contributed by atoms with Crippen LogP contribution in [0, 0.1) is 0 Å². The molecule has 1 aliphatic carbocycles. The number of hydrogen-bond acceptors (Lipinski definition) is 5. The summed E-state index contributed by atoms with van der Waals surface area (Å²) < 4.78 is 24.0. The predicted octanol–water partition coefficient (Wildman–Crippen LogP) is 1.85. The monoisotopic (exact) mass is 481 g/mol. The van der Waals surface area contributed by atoms with E-state index < -0.39 is 39.9 Å². The van der Waals surface area contributed by atoms with Crippen molar-refractivity contribution >= 4 is 27.7 Å². The number of carbonyl (C=O) groups excluding carboxylic acids is 3. The maximum absolute atomic E-state index is 13.8. The van der Waals surface area contributed by atoms with Gasteiger partial charge in [-0.2, -0.15) is 0 Å². The van der Waals surface area contributed by atoms with Crippen molar-refractivity contribution in [2.75, 3.05) is 18.1 Å². The number of sulfone groups is 1. The number of benzene rings is 2. The van der Waals surface area contributed by atoms with Crippen LogP contribution >= 0.6 is 0 Å². The second-order valence-electron chi connectivity index (χ2n) is 9.34. The van der Waals surface area contributed by atoms with E-state index >= 15 is 0 Å². The van der Waals surface area contributed by atoms with E-state index in [1.54, 1.807) is 17.0 Å². The summed E-state index contributed by atoms with van der Waals surface area (Å²) in [6, 6.07) is 17.4. The molecule has 34 heavy (non-hydrogen) atoms. The highest BCUT2D eigenvalue weighted by Crippen LogP contribution is 2.35. The van der Waals surface area contributed by atoms with Crippen molar-refractivity contribution in [2.24, 2.45) is 0 Å². The number of imide groups is 1. The summed E-state index contributed by atoms with van der Waals surface area (Å²) >= 11 is 0. The normalized spacial score (nSPS) is 25.9. The van der Waals surface area contributed by atoms with Crippen molar-refractivity contribution < 1.29 is 22.8 Å². The molecule has 2 atom stereocenters. The third-order valence-electron chi connectivity index (χ3n) is 6.88. The molecular weight excluding hydrogens is 454 g/mol. The fourth-order valence-electron chi connectivity index (χ4n) is 5.08. The molecule has 178 valence electrons. The lowest BCUT2D eigenvalue weighted by Crippen LogP contribution is -2.50. The Morgan fingerprint density at radius 3 is 2.21 bits per heavy atom. The second-order valence-corrected chi connectivity index (χ2v) is 11.6. The van der Waals surface area contributed by atoms with E-state index in [9.17, 15) is 22.8 Å². The standard InChI is InChI=1S/C25H27N3O5S/c29-22(28(20-11-12-20)21-13-14-34(32,33)17-21)16-27-23(30)25(26-24(27)31,19-9-5-2-6-10-19)15-18-7-3-1-4-8-18/h1-10,20-21H,11-17H2,(H,26,31)/t21-,25-/m0/s1. The first kappa shape index (κ1) is 22.6. The molecule has 2 aromatic carbocycles.